The molecule has 28 heavy (non-hydrogen) atoms. The Morgan fingerprint density at radius 1 is 1.11 bits per heavy atom. The van der Waals surface area contributed by atoms with Crippen molar-refractivity contribution in [2.24, 2.45) is 0 Å². The van der Waals surface area contributed by atoms with Crippen LogP contribution in [0.2, 0.25) is 0 Å². The predicted molar refractivity (Wildman–Crippen MR) is 110 cm³/mol. The van der Waals surface area contributed by atoms with Crippen molar-refractivity contribution in [3.8, 4) is 0 Å². The van der Waals surface area contributed by atoms with Gasteiger partial charge in [0.05, 0.1) is 6.04 Å². The molecular formula is C21H37N3O4. The fourth-order valence-electron chi connectivity index (χ4n) is 3.08. The minimum Gasteiger partial charge on any atom is -0.442 e. The average Bonchev–Trinajstić information content (AvgIpc) is 2.60. The fourth-order valence-corrected chi connectivity index (χ4v) is 3.08. The molecule has 7 heteroatoms. The number of amides is 2. The molecule has 1 rings (SSSR count). The Kier molecular flexibility index (Phi) is 12.2. The zero-order valence-electron chi connectivity index (χ0n) is 17.6. The Hall–Kier alpha value is -1.89. The van der Waals surface area contributed by atoms with Crippen molar-refractivity contribution in [2.75, 3.05) is 13.1 Å². The molecule has 0 aromatic carbocycles. The Morgan fingerprint density at radius 2 is 1.86 bits per heavy atom. The van der Waals surface area contributed by atoms with Gasteiger partial charge in [-0.3, -0.25) is 9.59 Å². The number of Topliss-reactive ketones (excluding diaryl/α,β-unsaturated/α-hetero) is 1. The number of allylic oxidation sites excluding steroid dienone is 1. The maximum Gasteiger partial charge on any atom is 0.407 e. The molecule has 2 unspecified atom stereocenters. The number of carbonyl (C=O) groups excluding carboxylic acids is 3. The first-order valence-corrected chi connectivity index (χ1v) is 10.5. The molecule has 0 radical (unpaired) electrons. The van der Waals surface area contributed by atoms with Gasteiger partial charge in [-0.05, 0) is 51.5 Å². The van der Waals surface area contributed by atoms with Crippen molar-refractivity contribution < 1.29 is 19.1 Å². The van der Waals surface area contributed by atoms with Crippen molar-refractivity contribution >= 4 is 17.8 Å². The van der Waals surface area contributed by atoms with Crippen molar-refractivity contribution in [1.29, 1.82) is 0 Å². The summed E-state index contributed by atoms with van der Waals surface area (Å²) >= 11 is 0. The van der Waals surface area contributed by atoms with E-state index in [0.717, 1.165) is 19.3 Å². The van der Waals surface area contributed by atoms with Gasteiger partial charge in [0.15, 0.2) is 0 Å². The second kappa shape index (κ2) is 14.2. The van der Waals surface area contributed by atoms with Crippen molar-refractivity contribution in [3.05, 3.63) is 12.2 Å². The van der Waals surface area contributed by atoms with Crippen molar-refractivity contribution in [1.82, 2.24) is 16.0 Å². The summed E-state index contributed by atoms with van der Waals surface area (Å²) in [4.78, 5) is 35.3. The van der Waals surface area contributed by atoms with E-state index >= 15 is 0 Å². The molecule has 160 valence electrons. The van der Waals surface area contributed by atoms with E-state index in [0.29, 0.717) is 32.4 Å². The lowest BCUT2D eigenvalue weighted by molar-refractivity contribution is -0.122. The minimum absolute atomic E-state index is 0.0448. The average molecular weight is 396 g/mol. The lowest BCUT2D eigenvalue weighted by Gasteiger charge is -2.18. The Labute approximate surface area is 169 Å². The third-order valence-corrected chi connectivity index (χ3v) is 4.60. The van der Waals surface area contributed by atoms with Gasteiger partial charge in [-0.1, -0.05) is 26.3 Å². The summed E-state index contributed by atoms with van der Waals surface area (Å²) in [6.45, 7) is 6.41. The number of rotatable bonds is 11. The van der Waals surface area contributed by atoms with E-state index in [1.165, 1.54) is 19.8 Å². The van der Waals surface area contributed by atoms with Gasteiger partial charge in [-0.2, -0.15) is 0 Å². The number of ketones is 1. The van der Waals surface area contributed by atoms with Crippen LogP contribution in [0.5, 0.6) is 0 Å². The highest BCUT2D eigenvalue weighted by molar-refractivity contribution is 5.83. The highest BCUT2D eigenvalue weighted by atomic mass is 16.6. The molecule has 0 heterocycles. The van der Waals surface area contributed by atoms with E-state index in [1.54, 1.807) is 0 Å². The highest BCUT2D eigenvalue weighted by Gasteiger charge is 2.16. The van der Waals surface area contributed by atoms with Gasteiger partial charge in [0.25, 0.3) is 0 Å². The predicted octanol–water partition coefficient (Wildman–Crippen LogP) is 2.84. The monoisotopic (exact) mass is 395 g/mol. The molecule has 0 aromatic rings. The van der Waals surface area contributed by atoms with Gasteiger partial charge in [-0.15, -0.1) is 0 Å². The first kappa shape index (κ1) is 24.1. The number of hydrogen-bond donors (Lipinski definition) is 3. The van der Waals surface area contributed by atoms with Crippen molar-refractivity contribution in [2.45, 2.75) is 90.3 Å². The zero-order valence-corrected chi connectivity index (χ0v) is 17.6. The number of ether oxygens (including phenoxy) is 1. The molecule has 1 aliphatic carbocycles. The number of hydrogen-bond acceptors (Lipinski definition) is 5. The molecule has 2 atom stereocenters. The number of carbonyl (C=O) groups is 3. The van der Waals surface area contributed by atoms with Crippen LogP contribution in [-0.4, -0.2) is 49.1 Å². The van der Waals surface area contributed by atoms with E-state index in [-0.39, 0.29) is 29.9 Å². The molecule has 0 aromatic heterocycles. The zero-order chi connectivity index (χ0) is 20.8. The molecule has 0 bridgehead atoms. The summed E-state index contributed by atoms with van der Waals surface area (Å²) in [5.74, 6) is -0.0395. The highest BCUT2D eigenvalue weighted by Crippen LogP contribution is 2.14. The molecule has 0 aliphatic heterocycles. The lowest BCUT2D eigenvalue weighted by atomic mass is 10.0. The SMILES string of the molecule is CC(=O)C(CCC(=O)NCCCNC(=O)OC1/C=C/CCCCC1)NC(C)C. The van der Waals surface area contributed by atoms with Gasteiger partial charge < -0.3 is 20.7 Å². The summed E-state index contributed by atoms with van der Waals surface area (Å²) in [5, 5.41) is 8.71. The van der Waals surface area contributed by atoms with Crippen LogP contribution < -0.4 is 16.0 Å². The van der Waals surface area contributed by atoms with E-state index in [9.17, 15) is 14.4 Å². The van der Waals surface area contributed by atoms with Gasteiger partial charge in [0.2, 0.25) is 5.91 Å². The second-order valence-corrected chi connectivity index (χ2v) is 7.66. The van der Waals surface area contributed by atoms with Crippen LogP contribution in [0, 0.1) is 0 Å². The van der Waals surface area contributed by atoms with Crippen LogP contribution >= 0.6 is 0 Å². The lowest BCUT2D eigenvalue weighted by Crippen LogP contribution is -2.40. The van der Waals surface area contributed by atoms with E-state index in [1.807, 2.05) is 19.9 Å². The largest absolute Gasteiger partial charge is 0.442 e. The quantitative estimate of drug-likeness (QED) is 0.369. The standard InChI is InChI=1S/C21H37N3O4/c1-16(2)24-19(17(3)25)12-13-20(26)22-14-9-15-23-21(27)28-18-10-7-5-4-6-8-11-18/h7,10,16,18-19,24H,4-6,8-9,11-15H2,1-3H3,(H,22,26)(H,23,27)/b10-7+. The molecule has 0 fully saturated rings. The molecule has 0 spiro atoms. The maximum absolute atomic E-state index is 11.9. The van der Waals surface area contributed by atoms with E-state index in [4.69, 9.17) is 4.74 Å². The summed E-state index contributed by atoms with van der Waals surface area (Å²) in [5.41, 5.74) is 0. The number of alkyl carbamates (subject to hydrolysis) is 1. The molecule has 0 saturated heterocycles. The van der Waals surface area contributed by atoms with Gasteiger partial charge in [0.1, 0.15) is 11.9 Å². The third-order valence-electron chi connectivity index (χ3n) is 4.60. The van der Waals surface area contributed by atoms with Crippen molar-refractivity contribution in [3.63, 3.8) is 0 Å². The Bertz CT molecular complexity index is 520. The first-order valence-electron chi connectivity index (χ1n) is 10.5. The summed E-state index contributed by atoms with van der Waals surface area (Å²) in [6, 6.07) is -0.0924. The van der Waals surface area contributed by atoms with Crippen LogP contribution in [-0.2, 0) is 14.3 Å². The Morgan fingerprint density at radius 3 is 2.57 bits per heavy atom. The topological polar surface area (TPSA) is 96.5 Å². The van der Waals surface area contributed by atoms with E-state index in [2.05, 4.69) is 22.0 Å². The maximum atomic E-state index is 11.9. The van der Waals surface area contributed by atoms with Crippen LogP contribution in [0.3, 0.4) is 0 Å². The molecule has 2 amide bonds. The smallest absolute Gasteiger partial charge is 0.407 e. The number of nitrogens with one attached hydrogen (secondary N) is 3. The molecular weight excluding hydrogens is 358 g/mol. The van der Waals surface area contributed by atoms with Gasteiger partial charge in [0, 0.05) is 25.6 Å². The Balaban J connectivity index is 2.12. The van der Waals surface area contributed by atoms with Crippen LogP contribution in [0.25, 0.3) is 0 Å². The fraction of sp³-hybridized carbons (Fsp3) is 0.762. The van der Waals surface area contributed by atoms with Crippen LogP contribution in [0.4, 0.5) is 4.79 Å². The van der Waals surface area contributed by atoms with Gasteiger partial charge in [-0.25, -0.2) is 4.79 Å². The second-order valence-electron chi connectivity index (χ2n) is 7.66. The summed E-state index contributed by atoms with van der Waals surface area (Å²) in [7, 11) is 0. The molecule has 0 saturated carbocycles. The summed E-state index contributed by atoms with van der Waals surface area (Å²) in [6.07, 6.45) is 10.3. The first-order chi connectivity index (χ1) is 13.4. The molecule has 3 N–H and O–H groups in total. The van der Waals surface area contributed by atoms with Crippen LogP contribution in [0.1, 0.15) is 72.1 Å². The summed E-state index contributed by atoms with van der Waals surface area (Å²) < 4.78 is 5.41. The minimum atomic E-state index is -0.411. The third kappa shape index (κ3) is 11.7. The normalized spacial score (nSPS) is 19.2. The van der Waals surface area contributed by atoms with Gasteiger partial charge >= 0.3 is 6.09 Å². The molecule has 1 aliphatic rings. The van der Waals surface area contributed by atoms with Crippen LogP contribution in [0.15, 0.2) is 12.2 Å². The van der Waals surface area contributed by atoms with E-state index < -0.39 is 6.09 Å². The molecule has 7 nitrogen and oxygen atoms in total.